The lowest BCUT2D eigenvalue weighted by Crippen LogP contribution is -2.41. The summed E-state index contributed by atoms with van der Waals surface area (Å²) in [4.78, 5) is 0. The molecule has 0 radical (unpaired) electrons. The molecular weight excluding hydrogens is 182 g/mol. The Bertz CT molecular complexity index is 157. The minimum absolute atomic E-state index is 0.176. The maximum Gasteiger partial charge on any atom is 0.0156 e. The predicted molar refractivity (Wildman–Crippen MR) is 67.9 cm³/mol. The van der Waals surface area contributed by atoms with Crippen LogP contribution in [0.25, 0.3) is 0 Å². The summed E-state index contributed by atoms with van der Waals surface area (Å²) in [6.07, 6.45) is 13.4. The van der Waals surface area contributed by atoms with Crippen molar-refractivity contribution in [3.8, 4) is 0 Å². The van der Waals surface area contributed by atoms with Crippen LogP contribution in [0.3, 0.4) is 0 Å². The van der Waals surface area contributed by atoms with E-state index in [-0.39, 0.29) is 5.54 Å². The van der Waals surface area contributed by atoms with E-state index in [9.17, 15) is 0 Å². The van der Waals surface area contributed by atoms with Gasteiger partial charge in [0.1, 0.15) is 0 Å². The molecule has 1 unspecified atom stereocenters. The Hall–Kier alpha value is -0.0400. The molecule has 0 aromatic heterocycles. The van der Waals surface area contributed by atoms with E-state index in [1.807, 2.05) is 0 Å². The van der Waals surface area contributed by atoms with Crippen molar-refractivity contribution in [2.24, 2.45) is 11.7 Å². The van der Waals surface area contributed by atoms with Gasteiger partial charge in [0.05, 0.1) is 0 Å². The summed E-state index contributed by atoms with van der Waals surface area (Å²) < 4.78 is 0. The van der Waals surface area contributed by atoms with E-state index in [1.165, 1.54) is 64.2 Å². The van der Waals surface area contributed by atoms with Gasteiger partial charge < -0.3 is 5.73 Å². The van der Waals surface area contributed by atoms with E-state index < -0.39 is 0 Å². The van der Waals surface area contributed by atoms with Crippen LogP contribution in [0.4, 0.5) is 0 Å². The van der Waals surface area contributed by atoms with Crippen LogP contribution in [-0.2, 0) is 0 Å². The van der Waals surface area contributed by atoms with Gasteiger partial charge in [-0.3, -0.25) is 0 Å². The molecule has 2 N–H and O–H groups in total. The minimum Gasteiger partial charge on any atom is -0.325 e. The molecule has 1 fully saturated rings. The quantitative estimate of drug-likeness (QED) is 0.739. The zero-order chi connectivity index (χ0) is 11.1. The first kappa shape index (κ1) is 13.0. The van der Waals surface area contributed by atoms with Crippen LogP contribution >= 0.6 is 0 Å². The second-order valence-electron chi connectivity index (χ2n) is 5.73. The van der Waals surface area contributed by atoms with Crippen LogP contribution in [0.2, 0.25) is 0 Å². The predicted octanol–water partition coefficient (Wildman–Crippen LogP) is 4.25. The number of hydrogen-bond acceptors (Lipinski definition) is 1. The van der Waals surface area contributed by atoms with Crippen LogP contribution in [0, 0.1) is 5.92 Å². The smallest absolute Gasteiger partial charge is 0.0156 e. The van der Waals surface area contributed by atoms with Gasteiger partial charge in [-0.2, -0.15) is 0 Å². The highest BCUT2D eigenvalue weighted by Gasteiger charge is 2.26. The van der Waals surface area contributed by atoms with Crippen molar-refractivity contribution in [1.82, 2.24) is 0 Å². The van der Waals surface area contributed by atoms with Crippen molar-refractivity contribution in [1.29, 1.82) is 0 Å². The first-order valence-electron chi connectivity index (χ1n) is 6.95. The zero-order valence-electron chi connectivity index (χ0n) is 10.7. The number of hydrogen-bond donors (Lipinski definition) is 1. The van der Waals surface area contributed by atoms with E-state index in [1.54, 1.807) is 0 Å². The average molecular weight is 211 g/mol. The summed E-state index contributed by atoms with van der Waals surface area (Å²) >= 11 is 0. The maximum absolute atomic E-state index is 6.56. The Balaban J connectivity index is 2.39. The molecule has 0 spiro atoms. The maximum atomic E-state index is 6.56. The lowest BCUT2D eigenvalue weighted by Gasteiger charge is -2.34. The first-order chi connectivity index (χ1) is 7.16. The van der Waals surface area contributed by atoms with Crippen molar-refractivity contribution in [3.63, 3.8) is 0 Å². The summed E-state index contributed by atoms with van der Waals surface area (Å²) in [5.74, 6) is 0.819. The van der Waals surface area contributed by atoms with Crippen LogP contribution in [0.5, 0.6) is 0 Å². The van der Waals surface area contributed by atoms with E-state index in [0.29, 0.717) is 0 Å². The van der Waals surface area contributed by atoms with E-state index in [4.69, 9.17) is 5.73 Å². The number of nitrogens with two attached hydrogens (primary N) is 1. The van der Waals surface area contributed by atoms with Crippen molar-refractivity contribution in [3.05, 3.63) is 0 Å². The zero-order valence-corrected chi connectivity index (χ0v) is 10.7. The summed E-state index contributed by atoms with van der Waals surface area (Å²) in [5.41, 5.74) is 6.74. The van der Waals surface area contributed by atoms with Crippen molar-refractivity contribution in [2.45, 2.75) is 83.6 Å². The average Bonchev–Trinajstić information content (AvgIpc) is 2.13. The van der Waals surface area contributed by atoms with Gasteiger partial charge in [-0.25, -0.2) is 0 Å². The summed E-state index contributed by atoms with van der Waals surface area (Å²) in [6.45, 7) is 4.65. The van der Waals surface area contributed by atoms with E-state index in [0.717, 1.165) is 5.92 Å². The molecular formula is C14H29N. The van der Waals surface area contributed by atoms with Gasteiger partial charge in [0.2, 0.25) is 0 Å². The van der Waals surface area contributed by atoms with Gasteiger partial charge in [-0.1, -0.05) is 58.8 Å². The normalized spacial score (nSPS) is 24.2. The summed E-state index contributed by atoms with van der Waals surface area (Å²) in [6, 6.07) is 0. The SMILES string of the molecule is CCCC(C)CC1(N)CCCCCCC1. The fraction of sp³-hybridized carbons (Fsp3) is 1.00. The number of rotatable bonds is 4. The fourth-order valence-electron chi connectivity index (χ4n) is 3.10. The van der Waals surface area contributed by atoms with Crippen LogP contribution in [-0.4, -0.2) is 5.54 Å². The largest absolute Gasteiger partial charge is 0.325 e. The molecule has 1 aliphatic carbocycles. The highest BCUT2D eigenvalue weighted by atomic mass is 14.7. The fourth-order valence-corrected chi connectivity index (χ4v) is 3.10. The molecule has 0 aromatic rings. The molecule has 1 atom stereocenters. The van der Waals surface area contributed by atoms with Gasteiger partial charge >= 0.3 is 0 Å². The summed E-state index contributed by atoms with van der Waals surface area (Å²) in [7, 11) is 0. The standard InChI is InChI=1S/C14H29N/c1-3-9-13(2)12-14(15)10-7-5-4-6-8-11-14/h13H,3-12,15H2,1-2H3. The molecule has 1 nitrogen and oxygen atoms in total. The molecule has 0 amide bonds. The Labute approximate surface area is 95.8 Å². The second-order valence-corrected chi connectivity index (χ2v) is 5.73. The van der Waals surface area contributed by atoms with E-state index >= 15 is 0 Å². The molecule has 90 valence electrons. The van der Waals surface area contributed by atoms with Crippen molar-refractivity contribution in [2.75, 3.05) is 0 Å². The third-order valence-electron chi connectivity index (χ3n) is 3.89. The third kappa shape index (κ3) is 5.01. The molecule has 0 aromatic carbocycles. The third-order valence-corrected chi connectivity index (χ3v) is 3.89. The molecule has 0 saturated heterocycles. The molecule has 1 saturated carbocycles. The van der Waals surface area contributed by atoms with Gasteiger partial charge in [0, 0.05) is 5.54 Å². The van der Waals surface area contributed by atoms with Crippen LogP contribution in [0.15, 0.2) is 0 Å². The Morgan fingerprint density at radius 3 is 2.13 bits per heavy atom. The highest BCUT2D eigenvalue weighted by Crippen LogP contribution is 2.30. The van der Waals surface area contributed by atoms with Crippen molar-refractivity contribution >= 4 is 0 Å². The molecule has 0 aliphatic heterocycles. The molecule has 1 rings (SSSR count). The molecule has 1 aliphatic rings. The van der Waals surface area contributed by atoms with Crippen molar-refractivity contribution < 1.29 is 0 Å². The van der Waals surface area contributed by atoms with E-state index in [2.05, 4.69) is 13.8 Å². The molecule has 15 heavy (non-hydrogen) atoms. The minimum atomic E-state index is 0.176. The lowest BCUT2D eigenvalue weighted by molar-refractivity contribution is 0.254. The Kier molecular flexibility index (Phi) is 5.66. The summed E-state index contributed by atoms with van der Waals surface area (Å²) in [5, 5.41) is 0. The van der Waals surface area contributed by atoms with Gasteiger partial charge in [0.15, 0.2) is 0 Å². The highest BCUT2D eigenvalue weighted by molar-refractivity contribution is 4.86. The lowest BCUT2D eigenvalue weighted by atomic mass is 9.78. The topological polar surface area (TPSA) is 26.0 Å². The monoisotopic (exact) mass is 211 g/mol. The van der Waals surface area contributed by atoms with Crippen LogP contribution < -0.4 is 5.73 Å². The van der Waals surface area contributed by atoms with Gasteiger partial charge in [-0.15, -0.1) is 0 Å². The Morgan fingerprint density at radius 2 is 1.60 bits per heavy atom. The molecule has 1 heteroatoms. The molecule has 0 heterocycles. The van der Waals surface area contributed by atoms with Crippen LogP contribution in [0.1, 0.15) is 78.1 Å². The Morgan fingerprint density at radius 1 is 1.07 bits per heavy atom. The molecule has 0 bridgehead atoms. The van der Waals surface area contributed by atoms with Gasteiger partial charge in [0.25, 0.3) is 0 Å². The second kappa shape index (κ2) is 6.52. The van der Waals surface area contributed by atoms with Gasteiger partial charge in [-0.05, 0) is 25.2 Å². The first-order valence-corrected chi connectivity index (χ1v) is 6.95.